The number of amides is 2. The molecular weight excluding hydrogens is 510 g/mol. The van der Waals surface area contributed by atoms with Gasteiger partial charge in [0.05, 0.1) is 11.8 Å². The summed E-state index contributed by atoms with van der Waals surface area (Å²) >= 11 is 1.52. The number of fused-ring (bicyclic) bond motifs is 1. The van der Waals surface area contributed by atoms with Gasteiger partial charge in [-0.25, -0.2) is 0 Å². The summed E-state index contributed by atoms with van der Waals surface area (Å²) in [6.45, 7) is 0.176. The molecule has 2 aliphatic heterocycles. The number of carboxylic acid groups (broad SMARTS) is 1. The molecule has 2 aliphatic rings. The van der Waals surface area contributed by atoms with Gasteiger partial charge in [0.2, 0.25) is 11.8 Å². The molecule has 4 atom stereocenters. The fourth-order valence-electron chi connectivity index (χ4n) is 5.71. The molecule has 39 heavy (non-hydrogen) atoms. The summed E-state index contributed by atoms with van der Waals surface area (Å²) in [7, 11) is 0. The molecule has 0 aliphatic carbocycles. The first kappa shape index (κ1) is 26.8. The third-order valence-corrected chi connectivity index (χ3v) is 8.32. The number of carbonyl (C=O) groups is 3. The number of imide groups is 1. The Labute approximate surface area is 232 Å². The molecule has 2 fully saturated rings. The van der Waals surface area contributed by atoms with Gasteiger partial charge < -0.3 is 5.11 Å². The predicted molar refractivity (Wildman–Crippen MR) is 153 cm³/mol. The molecule has 7 nitrogen and oxygen atoms in total. The van der Waals surface area contributed by atoms with Gasteiger partial charge in [-0.1, -0.05) is 72.8 Å². The van der Waals surface area contributed by atoms with Crippen LogP contribution in [0.3, 0.4) is 0 Å². The Bertz CT molecular complexity index is 1360. The minimum absolute atomic E-state index is 0.176. The van der Waals surface area contributed by atoms with E-state index in [1.165, 1.54) is 16.7 Å². The second-order valence-corrected chi connectivity index (χ2v) is 10.9. The molecule has 3 aromatic rings. The van der Waals surface area contributed by atoms with Crippen molar-refractivity contribution in [2.45, 2.75) is 24.4 Å². The lowest BCUT2D eigenvalue weighted by Crippen LogP contribution is -2.56. The van der Waals surface area contributed by atoms with Crippen LogP contribution in [0.4, 0.5) is 0 Å². The van der Waals surface area contributed by atoms with Gasteiger partial charge in [-0.05, 0) is 47.3 Å². The van der Waals surface area contributed by atoms with E-state index in [1.54, 1.807) is 6.20 Å². The van der Waals surface area contributed by atoms with Gasteiger partial charge in [0.1, 0.15) is 5.54 Å². The summed E-state index contributed by atoms with van der Waals surface area (Å²) in [5.41, 5.74) is 2.12. The minimum Gasteiger partial charge on any atom is -0.480 e. The average Bonchev–Trinajstić information content (AvgIpc) is 3.44. The molecule has 8 heteroatoms. The standard InChI is InChI=1S/C31H31N3O4S/c1-39-20-17-31(30(37)38)26-25(28(35)34(29(26)36)19-16-24-9-5-6-18-32-24)27(33-31)23-14-12-22(13-15-23)11-10-21-7-3-2-4-8-21/h2-15,18,25-27,33H,16-17,19-20H2,1H3,(H,37,38). The number of aliphatic carboxylic acids is 1. The van der Waals surface area contributed by atoms with E-state index >= 15 is 0 Å². The molecule has 0 bridgehead atoms. The number of aromatic nitrogens is 1. The number of rotatable bonds is 10. The van der Waals surface area contributed by atoms with Crippen LogP contribution in [0.1, 0.15) is 34.8 Å². The molecule has 0 saturated carbocycles. The summed E-state index contributed by atoms with van der Waals surface area (Å²) in [5.74, 6) is -3.04. The molecule has 0 radical (unpaired) electrons. The maximum absolute atomic E-state index is 13.7. The molecule has 2 aromatic carbocycles. The second kappa shape index (κ2) is 11.6. The van der Waals surface area contributed by atoms with Crippen molar-refractivity contribution in [3.8, 4) is 0 Å². The lowest BCUT2D eigenvalue weighted by atomic mass is 9.78. The normalized spacial score (nSPS) is 24.4. The van der Waals surface area contributed by atoms with Crippen molar-refractivity contribution in [1.82, 2.24) is 15.2 Å². The van der Waals surface area contributed by atoms with E-state index in [2.05, 4.69) is 10.3 Å². The fraction of sp³-hybridized carbons (Fsp3) is 0.290. The molecule has 2 N–H and O–H groups in total. The summed E-state index contributed by atoms with van der Waals surface area (Å²) < 4.78 is 0. The first-order valence-electron chi connectivity index (χ1n) is 13.0. The van der Waals surface area contributed by atoms with Gasteiger partial charge in [-0.15, -0.1) is 0 Å². The Hall–Kier alpha value is -3.75. The zero-order valence-corrected chi connectivity index (χ0v) is 22.5. The highest BCUT2D eigenvalue weighted by Crippen LogP contribution is 2.50. The van der Waals surface area contributed by atoms with E-state index in [4.69, 9.17) is 0 Å². The van der Waals surface area contributed by atoms with Gasteiger partial charge in [-0.2, -0.15) is 11.8 Å². The third-order valence-electron chi connectivity index (χ3n) is 7.71. The zero-order valence-electron chi connectivity index (χ0n) is 21.7. The Balaban J connectivity index is 1.44. The van der Waals surface area contributed by atoms with Crippen LogP contribution in [-0.4, -0.2) is 56.9 Å². The maximum atomic E-state index is 13.7. The molecule has 2 saturated heterocycles. The number of likely N-dealkylation sites (tertiary alicyclic amines) is 1. The number of hydrogen-bond acceptors (Lipinski definition) is 6. The summed E-state index contributed by atoms with van der Waals surface area (Å²) in [4.78, 5) is 45.8. The van der Waals surface area contributed by atoms with Crippen molar-refractivity contribution in [1.29, 1.82) is 0 Å². The van der Waals surface area contributed by atoms with Gasteiger partial charge in [0, 0.05) is 30.9 Å². The molecule has 2 amide bonds. The number of thioether (sulfide) groups is 1. The van der Waals surface area contributed by atoms with Gasteiger partial charge in [-0.3, -0.25) is 29.6 Å². The van der Waals surface area contributed by atoms with E-state index in [0.29, 0.717) is 12.2 Å². The summed E-state index contributed by atoms with van der Waals surface area (Å²) in [6.07, 6.45) is 8.27. The molecule has 1 aromatic heterocycles. The first-order chi connectivity index (χ1) is 18.9. The van der Waals surface area contributed by atoms with E-state index in [1.807, 2.05) is 91.2 Å². The summed E-state index contributed by atoms with van der Waals surface area (Å²) in [6, 6.07) is 22.7. The molecule has 4 unspecified atom stereocenters. The number of pyridine rings is 1. The maximum Gasteiger partial charge on any atom is 0.324 e. The number of hydrogen-bond donors (Lipinski definition) is 2. The number of nitrogens with one attached hydrogen (secondary N) is 1. The van der Waals surface area contributed by atoms with E-state index in [9.17, 15) is 19.5 Å². The third kappa shape index (κ3) is 5.27. The largest absolute Gasteiger partial charge is 0.480 e. The van der Waals surface area contributed by atoms with Crippen LogP contribution in [0, 0.1) is 11.8 Å². The smallest absolute Gasteiger partial charge is 0.324 e. The monoisotopic (exact) mass is 541 g/mol. The van der Waals surface area contributed by atoms with Gasteiger partial charge in [0.15, 0.2) is 0 Å². The van der Waals surface area contributed by atoms with Gasteiger partial charge >= 0.3 is 5.97 Å². The Morgan fingerprint density at radius 1 is 1.00 bits per heavy atom. The number of nitrogens with zero attached hydrogens (tertiary/aromatic N) is 2. The second-order valence-electron chi connectivity index (χ2n) is 9.95. The van der Waals surface area contributed by atoms with Crippen molar-refractivity contribution >= 4 is 41.7 Å². The number of carboxylic acids is 1. The van der Waals surface area contributed by atoms with E-state index < -0.39 is 35.3 Å². The molecule has 0 spiro atoms. The highest BCUT2D eigenvalue weighted by atomic mass is 32.2. The fourth-order valence-corrected chi connectivity index (χ4v) is 6.23. The topological polar surface area (TPSA) is 99.6 Å². The lowest BCUT2D eigenvalue weighted by molar-refractivity contribution is -0.151. The quantitative estimate of drug-likeness (QED) is 0.291. The van der Waals surface area contributed by atoms with Crippen LogP contribution in [0.5, 0.6) is 0 Å². The highest BCUT2D eigenvalue weighted by Gasteiger charge is 2.68. The van der Waals surface area contributed by atoms with Crippen LogP contribution < -0.4 is 5.32 Å². The van der Waals surface area contributed by atoms with Crippen LogP contribution in [0.25, 0.3) is 12.2 Å². The van der Waals surface area contributed by atoms with Crippen molar-refractivity contribution in [2.24, 2.45) is 11.8 Å². The van der Waals surface area contributed by atoms with Crippen molar-refractivity contribution in [3.05, 3.63) is 101 Å². The molecule has 3 heterocycles. The predicted octanol–water partition coefficient (Wildman–Crippen LogP) is 4.32. The van der Waals surface area contributed by atoms with Crippen LogP contribution >= 0.6 is 11.8 Å². The van der Waals surface area contributed by atoms with E-state index in [0.717, 1.165) is 22.4 Å². The first-order valence-corrected chi connectivity index (χ1v) is 14.4. The molecule has 5 rings (SSSR count). The van der Waals surface area contributed by atoms with Gasteiger partial charge in [0.25, 0.3) is 0 Å². The van der Waals surface area contributed by atoms with Crippen molar-refractivity contribution < 1.29 is 19.5 Å². The number of carbonyl (C=O) groups excluding carboxylic acids is 2. The zero-order chi connectivity index (χ0) is 27.4. The molecular formula is C31H31N3O4S. The van der Waals surface area contributed by atoms with Crippen LogP contribution in [-0.2, 0) is 20.8 Å². The average molecular weight is 542 g/mol. The summed E-state index contributed by atoms with van der Waals surface area (Å²) in [5, 5.41) is 13.7. The SMILES string of the molecule is CSCCC1(C(=O)O)NC(c2ccc(C=Cc3ccccc3)cc2)C2C(=O)N(CCc3ccccn3)C(=O)C21. The number of benzene rings is 2. The minimum atomic E-state index is -1.52. The van der Waals surface area contributed by atoms with E-state index in [-0.39, 0.29) is 18.9 Å². The van der Waals surface area contributed by atoms with Crippen molar-refractivity contribution in [3.63, 3.8) is 0 Å². The van der Waals surface area contributed by atoms with Crippen molar-refractivity contribution in [2.75, 3.05) is 18.6 Å². The van der Waals surface area contributed by atoms with Crippen LogP contribution in [0.2, 0.25) is 0 Å². The van der Waals surface area contributed by atoms with Crippen LogP contribution in [0.15, 0.2) is 79.0 Å². The highest BCUT2D eigenvalue weighted by molar-refractivity contribution is 7.98. The Morgan fingerprint density at radius 2 is 1.69 bits per heavy atom. The lowest BCUT2D eigenvalue weighted by Gasteiger charge is -2.31. The molecule has 200 valence electrons. The Morgan fingerprint density at radius 3 is 2.33 bits per heavy atom. The Kier molecular flexibility index (Phi) is 7.95.